The van der Waals surface area contributed by atoms with Crippen LogP contribution in [0.3, 0.4) is 0 Å². The van der Waals surface area contributed by atoms with Gasteiger partial charge in [0.05, 0.1) is 25.0 Å². The molecule has 4 rings (SSSR count). The van der Waals surface area contributed by atoms with Crippen molar-refractivity contribution >= 4 is 54.5 Å². The lowest BCUT2D eigenvalue weighted by Gasteiger charge is -2.33. The Balaban J connectivity index is 1.45. The highest BCUT2D eigenvalue weighted by Gasteiger charge is 2.39. The zero-order valence-corrected chi connectivity index (χ0v) is 27.2. The number of ether oxygens (including phenoxy) is 2. The molecule has 1 heterocycles. The van der Waals surface area contributed by atoms with Crippen molar-refractivity contribution in [3.05, 3.63) is 87.9 Å². The van der Waals surface area contributed by atoms with Crippen LogP contribution >= 0.6 is 26.7 Å². The first-order valence-corrected chi connectivity index (χ1v) is 17.4. The maximum atomic E-state index is 13.3. The Labute approximate surface area is 270 Å². The molecular formula is C29H32BrN3O10S2. The van der Waals surface area contributed by atoms with Gasteiger partial charge in [0.25, 0.3) is 0 Å². The molecule has 1 saturated heterocycles. The number of nitrogens with one attached hydrogen (secondary N) is 3. The Morgan fingerprint density at radius 3 is 2.49 bits per heavy atom. The van der Waals surface area contributed by atoms with Crippen LogP contribution in [0.2, 0.25) is 0 Å². The molecule has 0 aliphatic carbocycles. The zero-order valence-electron chi connectivity index (χ0n) is 23.9. The van der Waals surface area contributed by atoms with E-state index in [2.05, 4.69) is 35.4 Å². The minimum atomic E-state index is -4.09. The Hall–Kier alpha value is -3.67. The largest absolute Gasteiger partial charge is 0.507 e. The maximum absolute atomic E-state index is 13.3. The number of methoxy groups -OCH3 is 1. The Morgan fingerprint density at radius 2 is 1.84 bits per heavy atom. The molecule has 1 aliphatic rings. The van der Waals surface area contributed by atoms with Crippen LogP contribution in [0.1, 0.15) is 39.6 Å². The van der Waals surface area contributed by atoms with Crippen molar-refractivity contribution in [1.29, 1.82) is 0 Å². The molecule has 0 bridgehead atoms. The highest BCUT2D eigenvalue weighted by atomic mass is 79.9. The van der Waals surface area contributed by atoms with Crippen LogP contribution in [-0.2, 0) is 30.8 Å². The van der Waals surface area contributed by atoms with E-state index in [1.54, 1.807) is 36.4 Å². The number of carbonyl (C=O) groups excluding carboxylic acids is 3. The number of amides is 2. The summed E-state index contributed by atoms with van der Waals surface area (Å²) in [4.78, 5) is 37.1. The van der Waals surface area contributed by atoms with Gasteiger partial charge in [-0.15, -0.1) is 10.8 Å². The van der Waals surface area contributed by atoms with Gasteiger partial charge in [-0.05, 0) is 54.3 Å². The van der Waals surface area contributed by atoms with Crippen molar-refractivity contribution in [2.24, 2.45) is 0 Å². The smallest absolute Gasteiger partial charge is 0.345 e. The Morgan fingerprint density at radius 1 is 1.11 bits per heavy atom. The lowest BCUT2D eigenvalue weighted by Crippen LogP contribution is -2.48. The molecule has 3 aromatic carbocycles. The van der Waals surface area contributed by atoms with Crippen LogP contribution in [0.15, 0.2) is 76.1 Å². The molecule has 1 fully saturated rings. The number of phenolic OH excluding ortho intramolecular Hbond substituents is 1. The normalized spacial score (nSPS) is 17.2. The van der Waals surface area contributed by atoms with Gasteiger partial charge in [-0.2, -0.15) is 4.72 Å². The molecule has 13 nitrogen and oxygen atoms in total. The molecule has 0 saturated carbocycles. The monoisotopic (exact) mass is 725 g/mol. The molecule has 3 aromatic rings. The predicted octanol–water partition coefficient (Wildman–Crippen LogP) is 3.64. The molecule has 16 heteroatoms. The summed E-state index contributed by atoms with van der Waals surface area (Å²) in [6, 6.07) is 15.5. The van der Waals surface area contributed by atoms with Crippen LogP contribution in [-0.4, -0.2) is 66.7 Å². The summed E-state index contributed by atoms with van der Waals surface area (Å²) in [6.07, 6.45) is 0.111. The molecule has 6 N–H and O–H groups in total. The number of carbonyl (C=O) groups is 3. The molecule has 1 aliphatic heterocycles. The summed E-state index contributed by atoms with van der Waals surface area (Å²) in [5.41, 5.74) is 0.903. The highest BCUT2D eigenvalue weighted by Crippen LogP contribution is 2.57. The highest BCUT2D eigenvalue weighted by molar-refractivity contribution is 9.10. The Kier molecular flexibility index (Phi) is 11.1. The van der Waals surface area contributed by atoms with E-state index in [4.69, 9.17) is 4.74 Å². The number of benzene rings is 3. The number of hydrogen-bond donors (Lipinski definition) is 6. The number of halogens is 1. The minimum Gasteiger partial charge on any atom is -0.507 e. The van der Waals surface area contributed by atoms with Gasteiger partial charge >= 0.3 is 5.97 Å². The van der Waals surface area contributed by atoms with Crippen LogP contribution in [0.5, 0.6) is 11.5 Å². The molecule has 0 radical (unpaired) electrons. The van der Waals surface area contributed by atoms with Crippen LogP contribution in [0.4, 0.5) is 0 Å². The molecule has 2 unspecified atom stereocenters. The number of sulfonamides is 1. The van der Waals surface area contributed by atoms with Crippen molar-refractivity contribution in [2.75, 3.05) is 20.3 Å². The van der Waals surface area contributed by atoms with E-state index in [1.165, 1.54) is 37.4 Å². The first kappa shape index (κ1) is 34.2. The van der Waals surface area contributed by atoms with E-state index in [0.717, 1.165) is 0 Å². The SMILES string of the molecule is COC(=O)c1c(O)cccc1OCCCNC(=O)C(Cc1ccc(C2CC(=O)NS2(O)O)c(Br)c1)NS(=O)(=O)c1ccccc1. The van der Waals surface area contributed by atoms with E-state index >= 15 is 0 Å². The first-order valence-electron chi connectivity index (χ1n) is 13.6. The third-order valence-corrected chi connectivity index (χ3v) is 10.7. The molecule has 0 aromatic heterocycles. The van der Waals surface area contributed by atoms with Crippen molar-refractivity contribution in [3.63, 3.8) is 0 Å². The van der Waals surface area contributed by atoms with E-state index in [1.807, 2.05) is 0 Å². The molecule has 0 spiro atoms. The molecule has 45 heavy (non-hydrogen) atoms. The average Bonchev–Trinajstić information content (AvgIpc) is 3.27. The van der Waals surface area contributed by atoms with E-state index in [0.29, 0.717) is 15.6 Å². The van der Waals surface area contributed by atoms with Gasteiger partial charge in [0.1, 0.15) is 28.4 Å². The second-order valence-corrected chi connectivity index (χ2v) is 14.5. The topological polar surface area (TPSA) is 201 Å². The second kappa shape index (κ2) is 14.6. The summed E-state index contributed by atoms with van der Waals surface area (Å²) >= 11 is 3.41. The standard InChI is InChI=1S/C29H32BrN3O10S2/c1-42-29(37)27-23(34)9-5-10-24(27)43-14-6-13-31-28(36)22(32-44(38,39)19-7-3-2-4-8-19)16-18-11-12-20(21(30)15-18)25-17-26(35)33-45(25,40)41/h2-5,7-12,15,22,25,32,34,40-41H,6,13-14,16-17H2,1H3,(H,31,36)(H,33,35). The van der Waals surface area contributed by atoms with Gasteiger partial charge in [0, 0.05) is 11.0 Å². The van der Waals surface area contributed by atoms with Crippen molar-refractivity contribution in [2.45, 2.75) is 35.4 Å². The fourth-order valence-electron chi connectivity index (χ4n) is 4.63. The van der Waals surface area contributed by atoms with Gasteiger partial charge in [-0.3, -0.25) is 23.4 Å². The van der Waals surface area contributed by atoms with E-state index in [-0.39, 0.29) is 54.4 Å². The molecular weight excluding hydrogens is 694 g/mol. The minimum absolute atomic E-state index is 0.0242. The lowest BCUT2D eigenvalue weighted by atomic mass is 10.0. The van der Waals surface area contributed by atoms with Crippen molar-refractivity contribution in [1.82, 2.24) is 14.8 Å². The van der Waals surface area contributed by atoms with Crippen molar-refractivity contribution in [3.8, 4) is 11.5 Å². The number of phenols is 1. The summed E-state index contributed by atoms with van der Waals surface area (Å²) in [7, 11) is -6.31. The van der Waals surface area contributed by atoms with E-state index < -0.39 is 49.9 Å². The van der Waals surface area contributed by atoms with Crippen molar-refractivity contribution < 1.29 is 46.5 Å². The Bertz CT molecular complexity index is 1670. The van der Waals surface area contributed by atoms with Gasteiger partial charge in [0.2, 0.25) is 21.8 Å². The summed E-state index contributed by atoms with van der Waals surface area (Å²) < 4.78 is 62.3. The summed E-state index contributed by atoms with van der Waals surface area (Å²) in [5.74, 6) is -2.06. The van der Waals surface area contributed by atoms with E-state index in [9.17, 15) is 37.0 Å². The quantitative estimate of drug-likeness (QED) is 0.112. The zero-order chi connectivity index (χ0) is 32.8. The van der Waals surface area contributed by atoms with Crippen LogP contribution < -0.4 is 19.5 Å². The molecule has 2 amide bonds. The predicted molar refractivity (Wildman–Crippen MR) is 169 cm³/mol. The van der Waals surface area contributed by atoms with Gasteiger partial charge in [-0.1, -0.05) is 52.3 Å². The summed E-state index contributed by atoms with van der Waals surface area (Å²) in [5, 5.41) is 11.8. The van der Waals surface area contributed by atoms with Gasteiger partial charge < -0.3 is 19.9 Å². The molecule has 2 atom stereocenters. The first-order chi connectivity index (χ1) is 21.3. The summed E-state index contributed by atoms with van der Waals surface area (Å²) in [6.45, 7) is 0.151. The fourth-order valence-corrected chi connectivity index (χ4v) is 8.20. The van der Waals surface area contributed by atoms with Gasteiger partial charge in [0.15, 0.2) is 0 Å². The maximum Gasteiger partial charge on any atom is 0.345 e. The second-order valence-electron chi connectivity index (χ2n) is 9.99. The number of esters is 1. The van der Waals surface area contributed by atoms with Crippen LogP contribution in [0, 0.1) is 0 Å². The third kappa shape index (κ3) is 8.53. The third-order valence-electron chi connectivity index (χ3n) is 6.82. The lowest BCUT2D eigenvalue weighted by molar-refractivity contribution is -0.122. The average molecular weight is 727 g/mol. The van der Waals surface area contributed by atoms with Gasteiger partial charge in [-0.25, -0.2) is 13.2 Å². The van der Waals surface area contributed by atoms with Crippen LogP contribution in [0.25, 0.3) is 0 Å². The number of aromatic hydroxyl groups is 1. The fraction of sp³-hybridized carbons (Fsp3) is 0.276. The number of rotatable bonds is 13. The molecule has 242 valence electrons. The number of hydrogen-bond acceptors (Lipinski definition) is 10.